The van der Waals surface area contributed by atoms with Crippen molar-refractivity contribution in [3.8, 4) is 11.5 Å². The zero-order chi connectivity index (χ0) is 29.9. The first-order valence-corrected chi connectivity index (χ1v) is 15.2. The van der Waals surface area contributed by atoms with Crippen LogP contribution in [0.15, 0.2) is 135 Å². The number of hydrogen-bond acceptors (Lipinski definition) is 6. The molecule has 0 atom stereocenters. The van der Waals surface area contributed by atoms with Gasteiger partial charge in [0.25, 0.3) is 0 Å². The third-order valence-electron chi connectivity index (χ3n) is 6.01. The Labute approximate surface area is 250 Å². The highest BCUT2D eigenvalue weighted by molar-refractivity contribution is 7.98. The van der Waals surface area contributed by atoms with Gasteiger partial charge in [-0.3, -0.25) is 9.59 Å². The Bertz CT molecular complexity index is 1870. The molecule has 0 unspecified atom stereocenters. The quantitative estimate of drug-likeness (QED) is 0.175. The lowest BCUT2D eigenvalue weighted by Gasteiger charge is -2.03. The number of aromatic amines is 2. The van der Waals surface area contributed by atoms with E-state index in [9.17, 15) is 14.4 Å². The summed E-state index contributed by atoms with van der Waals surface area (Å²) < 4.78 is 5.58. The maximum Gasteiger partial charge on any atom is 0.341 e. The fourth-order valence-corrected chi connectivity index (χ4v) is 4.75. The predicted octanol–water partition coefficient (Wildman–Crippen LogP) is 7.68. The van der Waals surface area contributed by atoms with Gasteiger partial charge in [-0.2, -0.15) is 0 Å². The van der Waals surface area contributed by atoms with Crippen LogP contribution in [0.5, 0.6) is 11.5 Å². The minimum atomic E-state index is -1.21. The van der Waals surface area contributed by atoms with Crippen molar-refractivity contribution in [1.82, 2.24) is 9.97 Å². The molecule has 9 heteroatoms. The number of carbonyl (C=O) groups is 1. The Balaban J connectivity index is 0.000000146. The van der Waals surface area contributed by atoms with Crippen molar-refractivity contribution in [2.75, 3.05) is 12.5 Å². The van der Waals surface area contributed by atoms with Crippen LogP contribution in [0.4, 0.5) is 0 Å². The number of ether oxygens (including phenoxy) is 1. The Morgan fingerprint density at radius 1 is 0.690 bits per heavy atom. The van der Waals surface area contributed by atoms with Crippen molar-refractivity contribution in [2.24, 2.45) is 0 Å². The SMILES string of the molecule is CSc1ccc2[nH]cc(C(=O)O)c(=O)c2c1.CSc1ccc2[nH]ccc(=O)c2c1.c1ccc(Oc2ccccc2)cc1. The van der Waals surface area contributed by atoms with Crippen LogP contribution in [-0.4, -0.2) is 33.6 Å². The molecule has 0 radical (unpaired) electrons. The summed E-state index contributed by atoms with van der Waals surface area (Å²) in [4.78, 5) is 41.9. The first-order chi connectivity index (χ1) is 20.4. The number of hydrogen-bond donors (Lipinski definition) is 3. The number of aromatic carboxylic acids is 1. The van der Waals surface area contributed by atoms with Crippen LogP contribution in [0.3, 0.4) is 0 Å². The molecule has 0 saturated heterocycles. The maximum absolute atomic E-state index is 11.8. The molecular formula is C33H28N2O5S2. The molecule has 0 bridgehead atoms. The summed E-state index contributed by atoms with van der Waals surface area (Å²) in [6.07, 6.45) is 6.80. The second kappa shape index (κ2) is 14.8. The number of aromatic nitrogens is 2. The topological polar surface area (TPSA) is 112 Å². The van der Waals surface area contributed by atoms with Crippen molar-refractivity contribution in [3.63, 3.8) is 0 Å². The number of thioether (sulfide) groups is 2. The van der Waals surface area contributed by atoms with E-state index in [2.05, 4.69) is 9.97 Å². The predicted molar refractivity (Wildman–Crippen MR) is 173 cm³/mol. The van der Waals surface area contributed by atoms with Gasteiger partial charge in [0.15, 0.2) is 5.43 Å². The summed E-state index contributed by atoms with van der Waals surface area (Å²) in [5.74, 6) is 0.528. The molecule has 0 saturated carbocycles. The van der Waals surface area contributed by atoms with E-state index < -0.39 is 11.4 Å². The highest BCUT2D eigenvalue weighted by Gasteiger charge is 2.11. The maximum atomic E-state index is 11.8. The first-order valence-electron chi connectivity index (χ1n) is 12.8. The number of para-hydroxylation sites is 2. The van der Waals surface area contributed by atoms with Gasteiger partial charge in [-0.15, -0.1) is 23.5 Å². The van der Waals surface area contributed by atoms with Crippen LogP contribution in [0.25, 0.3) is 21.8 Å². The van der Waals surface area contributed by atoms with Crippen LogP contribution in [-0.2, 0) is 0 Å². The zero-order valence-corrected chi connectivity index (χ0v) is 24.5. The number of carboxylic acids is 1. The van der Waals surface area contributed by atoms with E-state index >= 15 is 0 Å². The highest BCUT2D eigenvalue weighted by Crippen LogP contribution is 2.20. The van der Waals surface area contributed by atoms with Crippen LogP contribution in [0, 0.1) is 0 Å². The summed E-state index contributed by atoms with van der Waals surface area (Å²) in [6, 6.07) is 32.3. The smallest absolute Gasteiger partial charge is 0.341 e. The lowest BCUT2D eigenvalue weighted by atomic mass is 10.1. The molecule has 4 aromatic carbocycles. The molecule has 0 aliphatic rings. The van der Waals surface area contributed by atoms with Crippen molar-refractivity contribution >= 4 is 51.3 Å². The molecule has 3 N–H and O–H groups in total. The number of fused-ring (bicyclic) bond motifs is 2. The van der Waals surface area contributed by atoms with E-state index in [0.29, 0.717) is 10.9 Å². The van der Waals surface area contributed by atoms with E-state index in [4.69, 9.17) is 9.84 Å². The first kappa shape index (κ1) is 30.2. The Hall–Kier alpha value is -4.73. The van der Waals surface area contributed by atoms with Gasteiger partial charge in [-0.25, -0.2) is 4.79 Å². The van der Waals surface area contributed by atoms with Gasteiger partial charge in [0.2, 0.25) is 5.43 Å². The van der Waals surface area contributed by atoms with Crippen LogP contribution >= 0.6 is 23.5 Å². The van der Waals surface area contributed by atoms with Gasteiger partial charge in [-0.05, 0) is 73.2 Å². The average molecular weight is 597 g/mol. The lowest BCUT2D eigenvalue weighted by molar-refractivity contribution is 0.0695. The van der Waals surface area contributed by atoms with E-state index in [1.165, 1.54) is 18.0 Å². The van der Waals surface area contributed by atoms with Gasteiger partial charge in [0.05, 0.1) is 0 Å². The van der Waals surface area contributed by atoms with Gasteiger partial charge in [0.1, 0.15) is 17.1 Å². The van der Waals surface area contributed by atoms with Gasteiger partial charge in [-0.1, -0.05) is 36.4 Å². The van der Waals surface area contributed by atoms with Gasteiger partial charge in [0, 0.05) is 50.1 Å². The van der Waals surface area contributed by atoms with Crippen molar-refractivity contribution in [2.45, 2.75) is 9.79 Å². The molecule has 42 heavy (non-hydrogen) atoms. The average Bonchev–Trinajstić information content (AvgIpc) is 3.03. The Kier molecular flexibility index (Phi) is 10.6. The second-order valence-corrected chi connectivity index (χ2v) is 10.5. The van der Waals surface area contributed by atoms with Crippen molar-refractivity contribution < 1.29 is 14.6 Å². The number of pyridine rings is 2. The van der Waals surface area contributed by atoms with E-state index in [-0.39, 0.29) is 11.0 Å². The lowest BCUT2D eigenvalue weighted by Crippen LogP contribution is -2.15. The molecule has 0 amide bonds. The monoisotopic (exact) mass is 596 g/mol. The van der Waals surface area contributed by atoms with Gasteiger partial charge < -0.3 is 19.8 Å². The summed E-state index contributed by atoms with van der Waals surface area (Å²) >= 11 is 3.15. The Morgan fingerprint density at radius 2 is 1.21 bits per heavy atom. The van der Waals surface area contributed by atoms with Crippen molar-refractivity contribution in [3.05, 3.63) is 142 Å². The van der Waals surface area contributed by atoms with E-state index in [0.717, 1.165) is 32.2 Å². The largest absolute Gasteiger partial charge is 0.477 e. The number of rotatable bonds is 5. The summed E-state index contributed by atoms with van der Waals surface area (Å²) in [5.41, 5.74) is 0.936. The normalized spacial score (nSPS) is 10.2. The standard InChI is InChI=1S/C12H10O.C11H9NO3S.C10H9NOS/c1-3-7-11(8-4-1)13-12-9-5-2-6-10-12;1-16-6-2-3-9-7(4-6)10(13)8(5-12-9)11(14)15;1-13-7-2-3-9-8(6-7)10(12)4-5-11-9/h1-10H;2-5H,1H3,(H,12,13)(H,14,15);2-6H,1H3,(H,11,12). The summed E-state index contributed by atoms with van der Waals surface area (Å²) in [6.45, 7) is 0. The molecule has 0 aliphatic heterocycles. The molecule has 7 nitrogen and oxygen atoms in total. The zero-order valence-electron chi connectivity index (χ0n) is 22.9. The fourth-order valence-electron chi connectivity index (χ4n) is 3.87. The molecule has 2 aromatic heterocycles. The number of nitrogens with one attached hydrogen (secondary N) is 2. The summed E-state index contributed by atoms with van der Waals surface area (Å²) in [7, 11) is 0. The molecule has 2 heterocycles. The molecule has 0 aliphatic carbocycles. The minimum Gasteiger partial charge on any atom is -0.477 e. The number of H-pyrrole nitrogens is 2. The van der Waals surface area contributed by atoms with Crippen LogP contribution in [0.1, 0.15) is 10.4 Å². The molecule has 6 rings (SSSR count). The molecular weight excluding hydrogens is 569 g/mol. The molecule has 0 fully saturated rings. The molecule has 6 aromatic rings. The Morgan fingerprint density at radius 3 is 1.74 bits per heavy atom. The summed E-state index contributed by atoms with van der Waals surface area (Å²) in [5, 5.41) is 9.99. The third-order valence-corrected chi connectivity index (χ3v) is 7.46. The van der Waals surface area contributed by atoms with Crippen LogP contribution in [0.2, 0.25) is 0 Å². The minimum absolute atomic E-state index is 0.0738. The van der Waals surface area contributed by atoms with Crippen LogP contribution < -0.4 is 15.6 Å². The van der Waals surface area contributed by atoms with E-state index in [1.54, 1.807) is 36.2 Å². The number of carboxylic acid groups (broad SMARTS) is 1. The molecule has 212 valence electrons. The fraction of sp³-hybridized carbons (Fsp3) is 0.0606. The van der Waals surface area contributed by atoms with Crippen molar-refractivity contribution in [1.29, 1.82) is 0 Å². The van der Waals surface area contributed by atoms with Gasteiger partial charge >= 0.3 is 5.97 Å². The van der Waals surface area contributed by atoms with E-state index in [1.807, 2.05) is 97.4 Å². The third kappa shape index (κ3) is 7.93. The highest BCUT2D eigenvalue weighted by atomic mass is 32.2. The second-order valence-electron chi connectivity index (χ2n) is 8.73. The number of benzene rings is 4. The molecule has 0 spiro atoms.